The molecular weight excluding hydrogens is 188 g/mol. The van der Waals surface area contributed by atoms with Crippen molar-refractivity contribution < 1.29 is 5.11 Å². The molecule has 15 heavy (non-hydrogen) atoms. The second-order valence-electron chi connectivity index (χ2n) is 3.48. The van der Waals surface area contributed by atoms with Gasteiger partial charge < -0.3 is 10.4 Å². The molecule has 78 valence electrons. The summed E-state index contributed by atoms with van der Waals surface area (Å²) in [4.78, 5) is 4.42. The van der Waals surface area contributed by atoms with Gasteiger partial charge in [-0.3, -0.25) is 0 Å². The van der Waals surface area contributed by atoms with Crippen LogP contribution in [0.5, 0.6) is 0 Å². The zero-order valence-electron chi connectivity index (χ0n) is 8.70. The Kier molecular flexibility index (Phi) is 2.83. The molecule has 2 aromatic rings. The van der Waals surface area contributed by atoms with Gasteiger partial charge in [0.1, 0.15) is 5.82 Å². The van der Waals surface area contributed by atoms with Crippen molar-refractivity contribution in [1.82, 2.24) is 4.98 Å². The number of aliphatic hydroxyl groups excluding tert-OH is 1. The molecular formula is C12H14N2O. The SMILES string of the molecule is Cc1cc2ccccc2c(NCCO)n1. The highest BCUT2D eigenvalue weighted by Crippen LogP contribution is 2.21. The summed E-state index contributed by atoms with van der Waals surface area (Å²) in [6.07, 6.45) is 0. The highest BCUT2D eigenvalue weighted by atomic mass is 16.3. The van der Waals surface area contributed by atoms with Crippen molar-refractivity contribution in [3.8, 4) is 0 Å². The Morgan fingerprint density at radius 1 is 1.33 bits per heavy atom. The topological polar surface area (TPSA) is 45.1 Å². The van der Waals surface area contributed by atoms with Crippen molar-refractivity contribution in [3.05, 3.63) is 36.0 Å². The smallest absolute Gasteiger partial charge is 0.134 e. The third kappa shape index (κ3) is 2.07. The Hall–Kier alpha value is -1.61. The summed E-state index contributed by atoms with van der Waals surface area (Å²) in [5.41, 5.74) is 0.981. The molecule has 0 spiro atoms. The van der Waals surface area contributed by atoms with E-state index in [2.05, 4.69) is 22.4 Å². The molecule has 0 atom stereocenters. The quantitative estimate of drug-likeness (QED) is 0.799. The molecule has 0 radical (unpaired) electrons. The summed E-state index contributed by atoms with van der Waals surface area (Å²) in [5.74, 6) is 0.847. The van der Waals surface area contributed by atoms with Crippen molar-refractivity contribution in [3.63, 3.8) is 0 Å². The predicted octanol–water partition coefficient (Wildman–Crippen LogP) is 1.95. The molecule has 0 saturated carbocycles. The van der Waals surface area contributed by atoms with Crippen LogP contribution in [0.1, 0.15) is 5.69 Å². The Morgan fingerprint density at radius 3 is 2.93 bits per heavy atom. The number of aryl methyl sites for hydroxylation is 1. The van der Waals surface area contributed by atoms with E-state index in [1.807, 2.05) is 25.1 Å². The van der Waals surface area contributed by atoms with E-state index in [-0.39, 0.29) is 6.61 Å². The van der Waals surface area contributed by atoms with Crippen LogP contribution in [0.4, 0.5) is 5.82 Å². The first-order chi connectivity index (χ1) is 7.31. The fourth-order valence-corrected chi connectivity index (χ4v) is 1.64. The Balaban J connectivity index is 2.50. The van der Waals surface area contributed by atoms with Crippen LogP contribution in [-0.2, 0) is 0 Å². The lowest BCUT2D eigenvalue weighted by atomic mass is 10.1. The Bertz CT molecular complexity index is 468. The molecule has 0 aliphatic rings. The van der Waals surface area contributed by atoms with E-state index < -0.39 is 0 Å². The Morgan fingerprint density at radius 2 is 2.13 bits per heavy atom. The normalized spacial score (nSPS) is 10.5. The van der Waals surface area contributed by atoms with Gasteiger partial charge in [-0.15, -0.1) is 0 Å². The molecule has 0 bridgehead atoms. The number of fused-ring (bicyclic) bond motifs is 1. The molecule has 3 heteroatoms. The summed E-state index contributed by atoms with van der Waals surface area (Å²) in [7, 11) is 0. The molecule has 0 unspecified atom stereocenters. The van der Waals surface area contributed by atoms with Gasteiger partial charge in [-0.1, -0.05) is 24.3 Å². The lowest BCUT2D eigenvalue weighted by Crippen LogP contribution is -2.07. The number of benzene rings is 1. The fraction of sp³-hybridized carbons (Fsp3) is 0.250. The van der Waals surface area contributed by atoms with Crippen molar-refractivity contribution in [2.45, 2.75) is 6.92 Å². The third-order valence-electron chi connectivity index (χ3n) is 2.27. The molecule has 3 nitrogen and oxygen atoms in total. The van der Waals surface area contributed by atoms with Crippen LogP contribution in [0.2, 0.25) is 0 Å². The zero-order chi connectivity index (χ0) is 10.7. The highest BCUT2D eigenvalue weighted by molar-refractivity contribution is 5.92. The van der Waals surface area contributed by atoms with Gasteiger partial charge in [0.15, 0.2) is 0 Å². The maximum absolute atomic E-state index is 8.78. The Labute approximate surface area is 88.8 Å². The van der Waals surface area contributed by atoms with E-state index in [1.54, 1.807) is 0 Å². The van der Waals surface area contributed by atoms with Crippen LogP contribution in [-0.4, -0.2) is 23.2 Å². The van der Waals surface area contributed by atoms with Crippen molar-refractivity contribution in [2.24, 2.45) is 0 Å². The van der Waals surface area contributed by atoms with Crippen LogP contribution in [0.25, 0.3) is 10.8 Å². The second kappa shape index (κ2) is 4.28. The van der Waals surface area contributed by atoms with Crippen molar-refractivity contribution in [1.29, 1.82) is 0 Å². The number of aromatic nitrogens is 1. The number of nitrogens with zero attached hydrogens (tertiary/aromatic N) is 1. The number of rotatable bonds is 3. The molecule has 0 aliphatic carbocycles. The minimum absolute atomic E-state index is 0.115. The summed E-state index contributed by atoms with van der Waals surface area (Å²) in [6.45, 7) is 2.61. The van der Waals surface area contributed by atoms with E-state index in [1.165, 1.54) is 5.39 Å². The minimum Gasteiger partial charge on any atom is -0.395 e. The highest BCUT2D eigenvalue weighted by Gasteiger charge is 2.02. The number of pyridine rings is 1. The van der Waals surface area contributed by atoms with Gasteiger partial charge >= 0.3 is 0 Å². The van der Waals surface area contributed by atoms with Gasteiger partial charge in [-0.2, -0.15) is 0 Å². The summed E-state index contributed by atoms with van der Waals surface area (Å²) < 4.78 is 0. The standard InChI is InChI=1S/C12H14N2O/c1-9-8-10-4-2-3-5-11(10)12(14-9)13-6-7-15/h2-5,8,15H,6-7H2,1H3,(H,13,14). The molecule has 2 rings (SSSR count). The molecule has 1 aromatic carbocycles. The van der Waals surface area contributed by atoms with Crippen LogP contribution in [0.3, 0.4) is 0 Å². The first-order valence-electron chi connectivity index (χ1n) is 5.02. The zero-order valence-corrected chi connectivity index (χ0v) is 8.70. The number of hydrogen-bond donors (Lipinski definition) is 2. The first kappa shape index (κ1) is 9.93. The predicted molar refractivity (Wildman–Crippen MR) is 62.1 cm³/mol. The second-order valence-corrected chi connectivity index (χ2v) is 3.48. The molecule has 0 aliphatic heterocycles. The van der Waals surface area contributed by atoms with Gasteiger partial charge in [-0.25, -0.2) is 4.98 Å². The third-order valence-corrected chi connectivity index (χ3v) is 2.27. The van der Waals surface area contributed by atoms with Gasteiger partial charge in [0, 0.05) is 17.6 Å². The number of aliphatic hydroxyl groups is 1. The van der Waals surface area contributed by atoms with Crippen LogP contribution < -0.4 is 5.32 Å². The number of hydrogen-bond acceptors (Lipinski definition) is 3. The lowest BCUT2D eigenvalue weighted by Gasteiger charge is -2.08. The van der Waals surface area contributed by atoms with E-state index in [4.69, 9.17) is 5.11 Å². The minimum atomic E-state index is 0.115. The molecule has 1 aromatic heterocycles. The summed E-state index contributed by atoms with van der Waals surface area (Å²) >= 11 is 0. The van der Waals surface area contributed by atoms with E-state index in [9.17, 15) is 0 Å². The molecule has 0 fully saturated rings. The van der Waals surface area contributed by atoms with Crippen molar-refractivity contribution >= 4 is 16.6 Å². The molecule has 0 saturated heterocycles. The summed E-state index contributed by atoms with van der Waals surface area (Å²) in [6, 6.07) is 10.1. The van der Waals surface area contributed by atoms with Crippen LogP contribution >= 0.6 is 0 Å². The average molecular weight is 202 g/mol. The van der Waals surface area contributed by atoms with E-state index in [0.29, 0.717) is 6.54 Å². The maximum Gasteiger partial charge on any atom is 0.134 e. The average Bonchev–Trinajstić information content (AvgIpc) is 2.25. The lowest BCUT2D eigenvalue weighted by molar-refractivity contribution is 0.311. The van der Waals surface area contributed by atoms with Crippen LogP contribution in [0, 0.1) is 6.92 Å². The molecule has 0 amide bonds. The van der Waals surface area contributed by atoms with Gasteiger partial charge in [0.25, 0.3) is 0 Å². The van der Waals surface area contributed by atoms with Crippen LogP contribution in [0.15, 0.2) is 30.3 Å². The molecule has 2 N–H and O–H groups in total. The van der Waals surface area contributed by atoms with Gasteiger partial charge in [-0.05, 0) is 18.4 Å². The summed E-state index contributed by atoms with van der Waals surface area (Å²) in [5, 5.41) is 14.2. The maximum atomic E-state index is 8.78. The first-order valence-corrected chi connectivity index (χ1v) is 5.02. The number of anilines is 1. The van der Waals surface area contributed by atoms with Gasteiger partial charge in [0.05, 0.1) is 6.61 Å². The van der Waals surface area contributed by atoms with Crippen molar-refractivity contribution in [2.75, 3.05) is 18.5 Å². The van der Waals surface area contributed by atoms with Gasteiger partial charge in [0.2, 0.25) is 0 Å². The largest absolute Gasteiger partial charge is 0.395 e. The monoisotopic (exact) mass is 202 g/mol. The van der Waals surface area contributed by atoms with E-state index in [0.717, 1.165) is 16.9 Å². The molecule has 1 heterocycles. The number of nitrogens with one attached hydrogen (secondary N) is 1. The fourth-order valence-electron chi connectivity index (χ4n) is 1.64. The van der Waals surface area contributed by atoms with E-state index >= 15 is 0 Å².